The lowest BCUT2D eigenvalue weighted by Crippen LogP contribution is -2.51. The third-order valence-electron chi connectivity index (χ3n) is 6.74. The molecule has 28 heavy (non-hydrogen) atoms. The number of phenolic OH excluding ortho intramolecular Hbond substituents is 1. The van der Waals surface area contributed by atoms with Gasteiger partial charge in [-0.25, -0.2) is 0 Å². The molecule has 6 heteroatoms. The van der Waals surface area contributed by atoms with Gasteiger partial charge in [-0.05, 0) is 25.3 Å². The van der Waals surface area contributed by atoms with Gasteiger partial charge in [-0.15, -0.1) is 11.8 Å². The van der Waals surface area contributed by atoms with Crippen molar-refractivity contribution in [2.24, 2.45) is 5.92 Å². The van der Waals surface area contributed by atoms with E-state index in [0.29, 0.717) is 37.2 Å². The predicted molar refractivity (Wildman–Crippen MR) is 111 cm³/mol. The Balaban J connectivity index is 1.26. The molecule has 2 amide bonds. The number of phenols is 1. The molecule has 0 radical (unpaired) electrons. The van der Waals surface area contributed by atoms with E-state index in [-0.39, 0.29) is 28.9 Å². The highest BCUT2D eigenvalue weighted by atomic mass is 32.2. The van der Waals surface area contributed by atoms with Gasteiger partial charge >= 0.3 is 0 Å². The molecule has 1 aromatic carbocycles. The Morgan fingerprint density at radius 3 is 2.43 bits per heavy atom. The normalized spacial score (nSPS) is 27.8. The zero-order valence-corrected chi connectivity index (χ0v) is 17.4. The van der Waals surface area contributed by atoms with Crippen molar-refractivity contribution in [2.45, 2.75) is 49.7 Å². The molecule has 5 nitrogen and oxygen atoms in total. The summed E-state index contributed by atoms with van der Waals surface area (Å²) in [6.45, 7) is 4.56. The van der Waals surface area contributed by atoms with Crippen molar-refractivity contribution in [3.8, 4) is 5.75 Å². The highest BCUT2D eigenvalue weighted by Crippen LogP contribution is 2.56. The molecule has 2 unspecified atom stereocenters. The lowest BCUT2D eigenvalue weighted by Gasteiger charge is -2.35. The zero-order valence-electron chi connectivity index (χ0n) is 16.6. The predicted octanol–water partition coefficient (Wildman–Crippen LogP) is 3.02. The maximum atomic E-state index is 13.0. The lowest BCUT2D eigenvalue weighted by molar-refractivity contribution is -0.139. The van der Waals surface area contributed by atoms with Crippen LogP contribution in [0, 0.1) is 5.92 Å². The summed E-state index contributed by atoms with van der Waals surface area (Å²) in [5.74, 6) is 1.16. The van der Waals surface area contributed by atoms with Crippen LogP contribution in [0.4, 0.5) is 0 Å². The first-order valence-corrected chi connectivity index (χ1v) is 11.5. The van der Waals surface area contributed by atoms with Crippen LogP contribution >= 0.6 is 11.8 Å². The van der Waals surface area contributed by atoms with Crippen molar-refractivity contribution in [1.82, 2.24) is 9.80 Å². The number of carbonyl (C=O) groups excluding carboxylic acids is 2. The molecule has 4 rings (SSSR count). The molecule has 1 aromatic rings. The minimum Gasteiger partial charge on any atom is -0.508 e. The molecule has 1 N–H and O–H groups in total. The highest BCUT2D eigenvalue weighted by molar-refractivity contribution is 8.00. The second-order valence-electron chi connectivity index (χ2n) is 8.61. The second kappa shape index (κ2) is 7.97. The molecule has 0 spiro atoms. The monoisotopic (exact) mass is 402 g/mol. The van der Waals surface area contributed by atoms with Gasteiger partial charge in [0.2, 0.25) is 11.8 Å². The van der Waals surface area contributed by atoms with Crippen LogP contribution in [0.2, 0.25) is 0 Å². The Bertz CT molecular complexity index is 741. The fraction of sp³-hybridized carbons (Fsp3) is 0.636. The first-order valence-electron chi connectivity index (χ1n) is 10.5. The summed E-state index contributed by atoms with van der Waals surface area (Å²) in [7, 11) is 0. The summed E-state index contributed by atoms with van der Waals surface area (Å²) in [5.41, 5.74) is 0.596. The number of para-hydroxylation sites is 1. The van der Waals surface area contributed by atoms with Crippen LogP contribution in [0.25, 0.3) is 0 Å². The van der Waals surface area contributed by atoms with Crippen LogP contribution < -0.4 is 0 Å². The molecule has 0 aromatic heterocycles. The van der Waals surface area contributed by atoms with Crippen LogP contribution in [-0.2, 0) is 15.0 Å². The summed E-state index contributed by atoms with van der Waals surface area (Å²) in [6.07, 6.45) is 5.87. The van der Waals surface area contributed by atoms with Gasteiger partial charge in [-0.2, -0.15) is 0 Å². The van der Waals surface area contributed by atoms with Crippen LogP contribution in [0.3, 0.4) is 0 Å². The van der Waals surface area contributed by atoms with E-state index in [0.717, 1.165) is 12.0 Å². The fourth-order valence-corrected chi connectivity index (χ4v) is 5.94. The summed E-state index contributed by atoms with van der Waals surface area (Å²) < 4.78 is 0. The Kier molecular flexibility index (Phi) is 5.59. The minimum atomic E-state index is -0.271. The van der Waals surface area contributed by atoms with E-state index in [1.807, 2.05) is 39.8 Å². The van der Waals surface area contributed by atoms with Gasteiger partial charge < -0.3 is 14.9 Å². The maximum absolute atomic E-state index is 13.0. The van der Waals surface area contributed by atoms with E-state index < -0.39 is 0 Å². The standard InChI is InChI=1S/C22H30N2O3S/c1-22(17-8-4-5-9-19(17)25)14-18(22)21(27)24-12-10-23(11-13-24)20(26)15-28-16-6-2-3-7-16/h4-5,8-9,16,18,25H,2-3,6-7,10-15H2,1H3. The molecular weight excluding hydrogens is 372 g/mol. The van der Waals surface area contributed by atoms with Crippen molar-refractivity contribution < 1.29 is 14.7 Å². The van der Waals surface area contributed by atoms with Crippen LogP contribution in [0.5, 0.6) is 5.75 Å². The molecular formula is C22H30N2O3S. The number of nitrogens with zero attached hydrogens (tertiary/aromatic N) is 2. The Morgan fingerprint density at radius 2 is 1.75 bits per heavy atom. The SMILES string of the molecule is CC1(c2ccccc2O)CC1C(=O)N1CCN(C(=O)CSC2CCCC2)CC1. The topological polar surface area (TPSA) is 60.9 Å². The number of benzene rings is 1. The van der Waals surface area contributed by atoms with E-state index in [9.17, 15) is 14.7 Å². The van der Waals surface area contributed by atoms with Crippen molar-refractivity contribution in [3.63, 3.8) is 0 Å². The first kappa shape index (κ1) is 19.6. The molecule has 152 valence electrons. The van der Waals surface area contributed by atoms with Gasteiger partial charge in [0.05, 0.1) is 5.75 Å². The average Bonchev–Trinajstić information content (AvgIpc) is 3.14. The Morgan fingerprint density at radius 1 is 1.11 bits per heavy atom. The molecule has 2 atom stereocenters. The molecule has 1 saturated heterocycles. The van der Waals surface area contributed by atoms with E-state index in [4.69, 9.17) is 0 Å². The minimum absolute atomic E-state index is 0.0685. The third kappa shape index (κ3) is 3.88. The van der Waals surface area contributed by atoms with Crippen molar-refractivity contribution in [3.05, 3.63) is 29.8 Å². The summed E-state index contributed by atoms with van der Waals surface area (Å²) in [4.78, 5) is 29.3. The van der Waals surface area contributed by atoms with E-state index in [2.05, 4.69) is 6.92 Å². The Hall–Kier alpha value is -1.69. The van der Waals surface area contributed by atoms with E-state index in [1.165, 1.54) is 25.7 Å². The second-order valence-corrected chi connectivity index (χ2v) is 9.90. The molecule has 3 aliphatic rings. The zero-order chi connectivity index (χ0) is 19.7. The van der Waals surface area contributed by atoms with Crippen LogP contribution in [-0.4, -0.2) is 63.9 Å². The number of amides is 2. The number of piperazine rings is 1. The molecule has 2 aliphatic carbocycles. The molecule has 0 bridgehead atoms. The van der Waals surface area contributed by atoms with Crippen molar-refractivity contribution >= 4 is 23.6 Å². The summed E-state index contributed by atoms with van der Waals surface area (Å²) in [6, 6.07) is 7.33. The summed E-state index contributed by atoms with van der Waals surface area (Å²) >= 11 is 1.81. The van der Waals surface area contributed by atoms with Gasteiger partial charge in [0.1, 0.15) is 5.75 Å². The summed E-state index contributed by atoms with van der Waals surface area (Å²) in [5, 5.41) is 10.8. The van der Waals surface area contributed by atoms with Crippen LogP contribution in [0.1, 0.15) is 44.6 Å². The number of rotatable bonds is 5. The first-order chi connectivity index (χ1) is 13.5. The number of hydrogen-bond acceptors (Lipinski definition) is 4. The Labute approximate surface area is 171 Å². The number of thioether (sulfide) groups is 1. The number of carbonyl (C=O) groups is 2. The highest BCUT2D eigenvalue weighted by Gasteiger charge is 2.57. The molecule has 1 aliphatic heterocycles. The van der Waals surface area contributed by atoms with Gasteiger partial charge in [0, 0.05) is 48.3 Å². The number of aromatic hydroxyl groups is 1. The van der Waals surface area contributed by atoms with Gasteiger partial charge in [-0.3, -0.25) is 9.59 Å². The third-order valence-corrected chi connectivity index (χ3v) is 8.10. The largest absolute Gasteiger partial charge is 0.508 e. The molecule has 1 heterocycles. The number of hydrogen-bond donors (Lipinski definition) is 1. The molecule has 3 fully saturated rings. The van der Waals surface area contributed by atoms with Crippen LogP contribution in [0.15, 0.2) is 24.3 Å². The average molecular weight is 403 g/mol. The van der Waals surface area contributed by atoms with Gasteiger partial charge in [0.25, 0.3) is 0 Å². The fourth-order valence-electron chi connectivity index (χ4n) is 4.71. The quantitative estimate of drug-likeness (QED) is 0.822. The van der Waals surface area contributed by atoms with Gasteiger partial charge in [-0.1, -0.05) is 38.0 Å². The van der Waals surface area contributed by atoms with Gasteiger partial charge in [0.15, 0.2) is 0 Å². The van der Waals surface area contributed by atoms with E-state index >= 15 is 0 Å². The van der Waals surface area contributed by atoms with Crippen molar-refractivity contribution in [2.75, 3.05) is 31.9 Å². The smallest absolute Gasteiger partial charge is 0.232 e. The van der Waals surface area contributed by atoms with E-state index in [1.54, 1.807) is 6.07 Å². The molecule has 2 saturated carbocycles. The van der Waals surface area contributed by atoms with Crippen molar-refractivity contribution in [1.29, 1.82) is 0 Å². The maximum Gasteiger partial charge on any atom is 0.232 e. The lowest BCUT2D eigenvalue weighted by atomic mass is 9.94.